The number of amides is 1. The first-order chi connectivity index (χ1) is 19.3. The van der Waals surface area contributed by atoms with E-state index in [0.717, 1.165) is 57.4 Å². The van der Waals surface area contributed by atoms with Gasteiger partial charge in [0, 0.05) is 74.8 Å². The number of piperazine rings is 1. The lowest BCUT2D eigenvalue weighted by atomic mass is 9.97. The summed E-state index contributed by atoms with van der Waals surface area (Å²) < 4.78 is 5.97. The summed E-state index contributed by atoms with van der Waals surface area (Å²) in [6.07, 6.45) is 4.65. The van der Waals surface area contributed by atoms with E-state index in [4.69, 9.17) is 9.72 Å². The number of H-pyrrole nitrogens is 1. The Morgan fingerprint density at radius 3 is 2.67 bits per heavy atom. The zero-order chi connectivity index (χ0) is 28.2. The van der Waals surface area contributed by atoms with Gasteiger partial charge in [-0.05, 0) is 61.0 Å². The van der Waals surface area contributed by atoms with Crippen LogP contribution in [0.1, 0.15) is 28.5 Å². The van der Waals surface area contributed by atoms with Gasteiger partial charge in [-0.25, -0.2) is 4.98 Å². The van der Waals surface area contributed by atoms with Crippen LogP contribution in [0.3, 0.4) is 0 Å². The standard InChI is InChI=1S/C32H35N5O3/c1-22-18-36(4)32(39)20-37(22)15-16-40-26-9-5-23(6-10-26)29-12-8-25-17-24(7-11-30(25)34-29)28(19-35(2)3)27-13-14-33-31(27)21-38/h5-14,17,19,21-22,33H,15-16,18,20H2,1-4H3/b28-19-. The number of benzene rings is 2. The molecule has 1 fully saturated rings. The zero-order valence-electron chi connectivity index (χ0n) is 23.4. The minimum atomic E-state index is 0.153. The van der Waals surface area contributed by atoms with Gasteiger partial charge in [-0.1, -0.05) is 12.1 Å². The molecule has 2 aromatic carbocycles. The number of aldehydes is 1. The van der Waals surface area contributed by atoms with Crippen LogP contribution < -0.4 is 4.74 Å². The summed E-state index contributed by atoms with van der Waals surface area (Å²) in [5.41, 5.74) is 6.17. The van der Waals surface area contributed by atoms with Gasteiger partial charge >= 0.3 is 0 Å². The molecule has 1 N–H and O–H groups in total. The van der Waals surface area contributed by atoms with Crippen molar-refractivity contribution in [1.29, 1.82) is 0 Å². The third kappa shape index (κ3) is 5.92. The van der Waals surface area contributed by atoms with E-state index in [1.165, 1.54) is 0 Å². The summed E-state index contributed by atoms with van der Waals surface area (Å²) in [6, 6.07) is 20.5. The molecule has 3 heterocycles. The number of hydrogen-bond donors (Lipinski definition) is 1. The second-order valence-corrected chi connectivity index (χ2v) is 10.5. The molecule has 8 heteroatoms. The van der Waals surface area contributed by atoms with Gasteiger partial charge in [0.05, 0.1) is 23.4 Å². The number of ether oxygens (including phenoxy) is 1. The van der Waals surface area contributed by atoms with Gasteiger partial charge in [0.2, 0.25) is 5.91 Å². The normalized spacial score (nSPS) is 16.4. The van der Waals surface area contributed by atoms with Crippen LogP contribution in [0.4, 0.5) is 0 Å². The molecule has 5 rings (SSSR count). The van der Waals surface area contributed by atoms with Crippen LogP contribution in [0.2, 0.25) is 0 Å². The van der Waals surface area contributed by atoms with Crippen molar-refractivity contribution < 1.29 is 14.3 Å². The largest absolute Gasteiger partial charge is 0.492 e. The second kappa shape index (κ2) is 11.8. The molecule has 2 aromatic heterocycles. The predicted octanol–water partition coefficient (Wildman–Crippen LogP) is 4.53. The Labute approximate surface area is 234 Å². The smallest absolute Gasteiger partial charge is 0.236 e. The molecule has 1 unspecified atom stereocenters. The Morgan fingerprint density at radius 1 is 1.12 bits per heavy atom. The van der Waals surface area contributed by atoms with Crippen molar-refractivity contribution in [3.05, 3.63) is 89.9 Å². The topological polar surface area (TPSA) is 81.8 Å². The summed E-state index contributed by atoms with van der Waals surface area (Å²) in [5, 5.41) is 1.02. The number of fused-ring (bicyclic) bond motifs is 1. The average Bonchev–Trinajstić information content (AvgIpc) is 3.43. The molecule has 0 bridgehead atoms. The highest BCUT2D eigenvalue weighted by Crippen LogP contribution is 2.30. The molecule has 1 aliphatic heterocycles. The highest BCUT2D eigenvalue weighted by molar-refractivity contribution is 5.93. The van der Waals surface area contributed by atoms with E-state index in [1.807, 2.05) is 80.8 Å². The highest BCUT2D eigenvalue weighted by Gasteiger charge is 2.26. The van der Waals surface area contributed by atoms with Crippen LogP contribution in [-0.4, -0.2) is 90.3 Å². The number of likely N-dealkylation sites (N-methyl/N-ethyl adjacent to an activating group) is 1. The van der Waals surface area contributed by atoms with Crippen molar-refractivity contribution in [3.8, 4) is 17.0 Å². The number of rotatable bonds is 9. The molecule has 0 aliphatic carbocycles. The fourth-order valence-corrected chi connectivity index (χ4v) is 5.09. The maximum atomic E-state index is 12.0. The molecule has 1 amide bonds. The van der Waals surface area contributed by atoms with Crippen molar-refractivity contribution in [2.75, 3.05) is 47.4 Å². The minimum absolute atomic E-state index is 0.153. The molecule has 40 heavy (non-hydrogen) atoms. The van der Waals surface area contributed by atoms with Gasteiger partial charge in [0.25, 0.3) is 0 Å². The lowest BCUT2D eigenvalue weighted by molar-refractivity contribution is -0.136. The summed E-state index contributed by atoms with van der Waals surface area (Å²) in [6.45, 7) is 4.56. The van der Waals surface area contributed by atoms with E-state index in [9.17, 15) is 9.59 Å². The Hall–Kier alpha value is -4.43. The second-order valence-electron chi connectivity index (χ2n) is 10.5. The Kier molecular flexibility index (Phi) is 7.98. The quantitative estimate of drug-likeness (QED) is 0.316. The molecular weight excluding hydrogens is 502 g/mol. The van der Waals surface area contributed by atoms with E-state index in [1.54, 1.807) is 11.1 Å². The maximum absolute atomic E-state index is 12.0. The molecule has 206 valence electrons. The number of carbonyl (C=O) groups excluding carboxylic acids is 2. The van der Waals surface area contributed by atoms with Crippen LogP contribution in [0, 0.1) is 0 Å². The average molecular weight is 538 g/mol. The highest BCUT2D eigenvalue weighted by atomic mass is 16.5. The molecular formula is C32H35N5O3. The lowest BCUT2D eigenvalue weighted by Crippen LogP contribution is -2.54. The van der Waals surface area contributed by atoms with E-state index in [0.29, 0.717) is 31.4 Å². The number of nitrogens with one attached hydrogen (secondary N) is 1. The fraction of sp³-hybridized carbons (Fsp3) is 0.281. The molecule has 1 aliphatic rings. The summed E-state index contributed by atoms with van der Waals surface area (Å²) >= 11 is 0. The number of pyridine rings is 1. The van der Waals surface area contributed by atoms with Gasteiger partial charge < -0.3 is 19.5 Å². The third-order valence-electron chi connectivity index (χ3n) is 7.30. The van der Waals surface area contributed by atoms with Crippen molar-refractivity contribution in [1.82, 2.24) is 24.7 Å². The number of aromatic nitrogens is 2. The zero-order valence-corrected chi connectivity index (χ0v) is 23.4. The van der Waals surface area contributed by atoms with E-state index in [-0.39, 0.29) is 5.91 Å². The molecule has 8 nitrogen and oxygen atoms in total. The summed E-state index contributed by atoms with van der Waals surface area (Å²) in [5.74, 6) is 0.946. The monoisotopic (exact) mass is 537 g/mol. The first-order valence-corrected chi connectivity index (χ1v) is 13.5. The molecule has 1 saturated heterocycles. The van der Waals surface area contributed by atoms with Crippen molar-refractivity contribution >= 4 is 28.7 Å². The van der Waals surface area contributed by atoms with Gasteiger partial charge in [0.15, 0.2) is 6.29 Å². The number of nitrogens with zero attached hydrogens (tertiary/aromatic N) is 4. The van der Waals surface area contributed by atoms with E-state index >= 15 is 0 Å². The number of hydrogen-bond acceptors (Lipinski definition) is 6. The van der Waals surface area contributed by atoms with Crippen molar-refractivity contribution in [2.45, 2.75) is 13.0 Å². The predicted molar refractivity (Wildman–Crippen MR) is 158 cm³/mol. The first-order valence-electron chi connectivity index (χ1n) is 13.5. The summed E-state index contributed by atoms with van der Waals surface area (Å²) in [4.78, 5) is 37.4. The minimum Gasteiger partial charge on any atom is -0.492 e. The molecule has 0 saturated carbocycles. The van der Waals surface area contributed by atoms with Crippen LogP contribution in [0.15, 0.2) is 73.1 Å². The van der Waals surface area contributed by atoms with Crippen LogP contribution in [0.5, 0.6) is 5.75 Å². The van der Waals surface area contributed by atoms with Gasteiger partial charge in [0.1, 0.15) is 12.4 Å². The van der Waals surface area contributed by atoms with Crippen molar-refractivity contribution in [2.24, 2.45) is 0 Å². The van der Waals surface area contributed by atoms with Crippen LogP contribution in [0.25, 0.3) is 27.7 Å². The lowest BCUT2D eigenvalue weighted by Gasteiger charge is -2.37. The first kappa shape index (κ1) is 27.1. The molecule has 0 spiro atoms. The van der Waals surface area contributed by atoms with Gasteiger partial charge in [-0.3, -0.25) is 14.5 Å². The van der Waals surface area contributed by atoms with E-state index in [2.05, 4.69) is 28.9 Å². The molecule has 1 atom stereocenters. The van der Waals surface area contributed by atoms with Gasteiger partial charge in [-0.2, -0.15) is 0 Å². The van der Waals surface area contributed by atoms with Gasteiger partial charge in [-0.15, -0.1) is 0 Å². The van der Waals surface area contributed by atoms with Crippen LogP contribution in [-0.2, 0) is 4.79 Å². The Balaban J connectivity index is 1.28. The molecule has 4 aromatic rings. The molecule has 0 radical (unpaired) electrons. The SMILES string of the molecule is CC1CN(C)C(=O)CN1CCOc1ccc(-c2ccc3cc(/C(=C/N(C)C)c4cc[nH]c4C=O)ccc3n2)cc1. The Bertz CT molecular complexity index is 1540. The van der Waals surface area contributed by atoms with Crippen LogP contribution >= 0.6 is 0 Å². The number of carbonyl (C=O) groups is 2. The van der Waals surface area contributed by atoms with E-state index < -0.39 is 0 Å². The fourth-order valence-electron chi connectivity index (χ4n) is 5.09. The maximum Gasteiger partial charge on any atom is 0.236 e. The number of aromatic amines is 1. The Morgan fingerprint density at radius 2 is 1.93 bits per heavy atom. The third-order valence-corrected chi connectivity index (χ3v) is 7.30. The van der Waals surface area contributed by atoms with Crippen molar-refractivity contribution in [3.63, 3.8) is 0 Å². The summed E-state index contributed by atoms with van der Waals surface area (Å²) in [7, 11) is 5.79.